The SMILES string of the molecule is Cc1ccc(OCNC(=O)N2CCN(c3ccccc3F)CC2)cc1. The molecule has 5 nitrogen and oxygen atoms in total. The van der Waals surface area contributed by atoms with Crippen LogP contribution in [0.1, 0.15) is 5.56 Å². The highest BCUT2D eigenvalue weighted by Crippen LogP contribution is 2.20. The van der Waals surface area contributed by atoms with Crippen molar-refractivity contribution in [3.63, 3.8) is 0 Å². The Bertz CT molecular complexity index is 713. The van der Waals surface area contributed by atoms with Gasteiger partial charge in [-0.25, -0.2) is 9.18 Å². The van der Waals surface area contributed by atoms with E-state index in [0.29, 0.717) is 31.9 Å². The number of aryl methyl sites for hydroxylation is 1. The Kier molecular flexibility index (Phi) is 5.38. The summed E-state index contributed by atoms with van der Waals surface area (Å²) < 4.78 is 19.3. The van der Waals surface area contributed by atoms with Gasteiger partial charge in [0.25, 0.3) is 0 Å². The van der Waals surface area contributed by atoms with Gasteiger partial charge in [0.05, 0.1) is 5.69 Å². The molecular weight excluding hydrogens is 321 g/mol. The normalized spacial score (nSPS) is 14.3. The first-order chi connectivity index (χ1) is 12.1. The number of amides is 2. The number of ether oxygens (including phenoxy) is 1. The quantitative estimate of drug-likeness (QED) is 0.868. The van der Waals surface area contributed by atoms with E-state index in [1.165, 1.54) is 6.07 Å². The van der Waals surface area contributed by atoms with Gasteiger partial charge in [0.2, 0.25) is 0 Å². The van der Waals surface area contributed by atoms with Crippen LogP contribution in [-0.4, -0.2) is 43.8 Å². The molecule has 2 aromatic rings. The Morgan fingerprint density at radius 2 is 1.76 bits per heavy atom. The summed E-state index contributed by atoms with van der Waals surface area (Å²) in [6, 6.07) is 14.2. The molecule has 0 radical (unpaired) electrons. The Labute approximate surface area is 147 Å². The number of carbonyl (C=O) groups is 1. The van der Waals surface area contributed by atoms with Crippen LogP contribution in [0.25, 0.3) is 0 Å². The standard InChI is InChI=1S/C19H22FN3O2/c1-15-6-8-16(9-7-15)25-14-21-19(24)23-12-10-22(11-13-23)18-5-3-2-4-17(18)20/h2-9H,10-14H2,1H3,(H,21,24). The second-order valence-corrected chi connectivity index (χ2v) is 6.01. The van der Waals surface area contributed by atoms with Crippen molar-refractivity contribution in [3.8, 4) is 5.75 Å². The molecule has 0 unspecified atom stereocenters. The summed E-state index contributed by atoms with van der Waals surface area (Å²) in [5.74, 6) is 0.488. The molecule has 1 heterocycles. The maximum atomic E-state index is 13.8. The molecule has 6 heteroatoms. The summed E-state index contributed by atoms with van der Waals surface area (Å²) in [5, 5.41) is 2.75. The lowest BCUT2D eigenvalue weighted by atomic mass is 10.2. The molecule has 1 aliphatic rings. The zero-order valence-electron chi connectivity index (χ0n) is 14.2. The van der Waals surface area contributed by atoms with Crippen molar-refractivity contribution in [1.82, 2.24) is 10.2 Å². The largest absolute Gasteiger partial charge is 0.473 e. The van der Waals surface area contributed by atoms with Gasteiger partial charge in [-0.3, -0.25) is 0 Å². The van der Waals surface area contributed by atoms with E-state index in [9.17, 15) is 9.18 Å². The van der Waals surface area contributed by atoms with E-state index in [2.05, 4.69) is 5.32 Å². The van der Waals surface area contributed by atoms with Gasteiger partial charge in [-0.15, -0.1) is 0 Å². The molecule has 1 N–H and O–H groups in total. The van der Waals surface area contributed by atoms with Crippen LogP contribution in [0.15, 0.2) is 48.5 Å². The highest BCUT2D eigenvalue weighted by Gasteiger charge is 2.22. The topological polar surface area (TPSA) is 44.8 Å². The number of carbonyl (C=O) groups excluding carboxylic acids is 1. The molecule has 0 bridgehead atoms. The summed E-state index contributed by atoms with van der Waals surface area (Å²) in [5.41, 5.74) is 1.74. The van der Waals surface area contributed by atoms with Gasteiger partial charge in [-0.1, -0.05) is 29.8 Å². The minimum absolute atomic E-state index is 0.120. The van der Waals surface area contributed by atoms with Crippen LogP contribution in [0.2, 0.25) is 0 Å². The Hall–Kier alpha value is -2.76. The molecule has 0 aromatic heterocycles. The molecule has 3 rings (SSSR count). The number of para-hydroxylation sites is 1. The predicted molar refractivity (Wildman–Crippen MR) is 95.4 cm³/mol. The fraction of sp³-hybridized carbons (Fsp3) is 0.316. The molecule has 1 fully saturated rings. The van der Waals surface area contributed by atoms with Crippen LogP contribution in [0.3, 0.4) is 0 Å². The maximum absolute atomic E-state index is 13.8. The minimum Gasteiger partial charge on any atom is -0.473 e. The summed E-state index contributed by atoms with van der Waals surface area (Å²) >= 11 is 0. The monoisotopic (exact) mass is 343 g/mol. The summed E-state index contributed by atoms with van der Waals surface area (Å²) in [6.45, 7) is 4.43. The fourth-order valence-corrected chi connectivity index (χ4v) is 2.79. The third-order valence-electron chi connectivity index (χ3n) is 4.24. The van der Waals surface area contributed by atoms with Crippen molar-refractivity contribution < 1.29 is 13.9 Å². The number of halogens is 1. The minimum atomic E-state index is -0.230. The van der Waals surface area contributed by atoms with E-state index in [1.54, 1.807) is 17.0 Å². The van der Waals surface area contributed by atoms with Crippen molar-refractivity contribution in [2.45, 2.75) is 6.92 Å². The first-order valence-corrected chi connectivity index (χ1v) is 8.35. The number of urea groups is 1. The smallest absolute Gasteiger partial charge is 0.320 e. The van der Waals surface area contributed by atoms with Gasteiger partial charge in [0.15, 0.2) is 6.73 Å². The molecule has 2 aromatic carbocycles. The third-order valence-corrected chi connectivity index (χ3v) is 4.24. The third kappa shape index (κ3) is 4.41. The molecule has 132 valence electrons. The van der Waals surface area contributed by atoms with E-state index >= 15 is 0 Å². The lowest BCUT2D eigenvalue weighted by Crippen LogP contribution is -2.52. The van der Waals surface area contributed by atoms with Crippen LogP contribution in [-0.2, 0) is 0 Å². The zero-order chi connectivity index (χ0) is 17.6. The molecular formula is C19H22FN3O2. The van der Waals surface area contributed by atoms with Gasteiger partial charge in [-0.05, 0) is 31.2 Å². The van der Waals surface area contributed by atoms with Crippen molar-refractivity contribution in [3.05, 3.63) is 59.9 Å². The highest BCUT2D eigenvalue weighted by molar-refractivity contribution is 5.74. The van der Waals surface area contributed by atoms with Crippen molar-refractivity contribution in [2.24, 2.45) is 0 Å². The first-order valence-electron chi connectivity index (χ1n) is 8.35. The average Bonchev–Trinajstić information content (AvgIpc) is 2.64. The van der Waals surface area contributed by atoms with Crippen LogP contribution in [0, 0.1) is 12.7 Å². The Morgan fingerprint density at radius 3 is 2.44 bits per heavy atom. The summed E-state index contributed by atoms with van der Waals surface area (Å²) in [6.07, 6.45) is 0. The Morgan fingerprint density at radius 1 is 1.08 bits per heavy atom. The van der Waals surface area contributed by atoms with Gasteiger partial charge in [0, 0.05) is 26.2 Å². The van der Waals surface area contributed by atoms with Crippen LogP contribution in [0.4, 0.5) is 14.9 Å². The van der Waals surface area contributed by atoms with E-state index in [-0.39, 0.29) is 18.6 Å². The molecule has 0 atom stereocenters. The molecule has 1 saturated heterocycles. The maximum Gasteiger partial charge on any atom is 0.320 e. The number of nitrogens with one attached hydrogen (secondary N) is 1. The molecule has 0 spiro atoms. The summed E-state index contributed by atoms with van der Waals surface area (Å²) in [4.78, 5) is 15.9. The highest BCUT2D eigenvalue weighted by atomic mass is 19.1. The van der Waals surface area contributed by atoms with E-state index in [4.69, 9.17) is 4.74 Å². The lowest BCUT2D eigenvalue weighted by Gasteiger charge is -2.36. The number of hydrogen-bond donors (Lipinski definition) is 1. The lowest BCUT2D eigenvalue weighted by molar-refractivity contribution is 0.181. The van der Waals surface area contributed by atoms with Crippen molar-refractivity contribution in [2.75, 3.05) is 37.8 Å². The molecule has 25 heavy (non-hydrogen) atoms. The van der Waals surface area contributed by atoms with Crippen molar-refractivity contribution >= 4 is 11.7 Å². The van der Waals surface area contributed by atoms with Gasteiger partial charge in [-0.2, -0.15) is 0 Å². The number of nitrogens with zero attached hydrogens (tertiary/aromatic N) is 2. The second kappa shape index (κ2) is 7.88. The number of anilines is 1. The van der Waals surface area contributed by atoms with E-state index in [0.717, 1.165) is 11.3 Å². The first kappa shape index (κ1) is 17.1. The van der Waals surface area contributed by atoms with Crippen molar-refractivity contribution in [1.29, 1.82) is 0 Å². The number of rotatable bonds is 4. The van der Waals surface area contributed by atoms with Crippen LogP contribution >= 0.6 is 0 Å². The molecule has 2 amide bonds. The number of piperazine rings is 1. The molecule has 1 aliphatic heterocycles. The zero-order valence-corrected chi connectivity index (χ0v) is 14.2. The number of benzene rings is 2. The fourth-order valence-electron chi connectivity index (χ4n) is 2.79. The van der Waals surface area contributed by atoms with Gasteiger partial charge >= 0.3 is 6.03 Å². The number of hydrogen-bond acceptors (Lipinski definition) is 3. The molecule has 0 aliphatic carbocycles. The summed E-state index contributed by atoms with van der Waals surface area (Å²) in [7, 11) is 0. The Balaban J connectivity index is 1.44. The molecule has 0 saturated carbocycles. The predicted octanol–water partition coefficient (Wildman–Crippen LogP) is 3.00. The van der Waals surface area contributed by atoms with Crippen LogP contribution in [0.5, 0.6) is 5.75 Å². The van der Waals surface area contributed by atoms with Gasteiger partial charge in [0.1, 0.15) is 11.6 Å². The average molecular weight is 343 g/mol. The van der Waals surface area contributed by atoms with E-state index < -0.39 is 0 Å². The van der Waals surface area contributed by atoms with Gasteiger partial charge < -0.3 is 19.9 Å². The second-order valence-electron chi connectivity index (χ2n) is 6.01. The van der Waals surface area contributed by atoms with Crippen LogP contribution < -0.4 is 15.0 Å². The van der Waals surface area contributed by atoms with E-state index in [1.807, 2.05) is 42.2 Å².